The maximum Gasteiger partial charge on any atom is 0.227 e. The van der Waals surface area contributed by atoms with E-state index in [0.29, 0.717) is 23.5 Å². The molecule has 0 bridgehead atoms. The van der Waals surface area contributed by atoms with Gasteiger partial charge in [0.1, 0.15) is 0 Å². The Balaban J connectivity index is 1.16. The smallest absolute Gasteiger partial charge is 0.227 e. The molecule has 1 spiro atoms. The van der Waals surface area contributed by atoms with Gasteiger partial charge in [-0.15, -0.1) is 0 Å². The van der Waals surface area contributed by atoms with Crippen LogP contribution in [-0.2, 0) is 16.0 Å². The normalized spacial score (nSPS) is 24.4. The third-order valence-electron chi connectivity index (χ3n) is 7.39. The van der Waals surface area contributed by atoms with Gasteiger partial charge in [-0.25, -0.2) is 0 Å². The largest absolute Gasteiger partial charge is 0.375 e. The van der Waals surface area contributed by atoms with E-state index in [2.05, 4.69) is 20.0 Å². The van der Waals surface area contributed by atoms with Crippen LogP contribution in [0.1, 0.15) is 63.7 Å². The summed E-state index contributed by atoms with van der Waals surface area (Å²) in [5.41, 5.74) is 0.773. The molecule has 31 heavy (non-hydrogen) atoms. The Morgan fingerprint density at radius 1 is 1.16 bits per heavy atom. The molecule has 7 heteroatoms. The molecule has 0 N–H and O–H groups in total. The second-order valence-corrected chi connectivity index (χ2v) is 9.51. The first-order valence-electron chi connectivity index (χ1n) is 11.9. The number of amides is 1. The number of piperidine rings is 1. The molecule has 1 unspecified atom stereocenters. The first-order chi connectivity index (χ1) is 15.2. The van der Waals surface area contributed by atoms with Crippen molar-refractivity contribution >= 4 is 5.91 Å². The molecule has 3 aliphatic rings. The van der Waals surface area contributed by atoms with Crippen molar-refractivity contribution in [2.75, 3.05) is 19.7 Å². The van der Waals surface area contributed by atoms with Crippen LogP contribution in [0, 0.1) is 11.8 Å². The zero-order valence-electron chi connectivity index (χ0n) is 18.2. The molecule has 1 atom stereocenters. The Labute approximate surface area is 183 Å². The molecule has 5 rings (SSSR count). The average molecular weight is 425 g/mol. The van der Waals surface area contributed by atoms with Crippen LogP contribution in [0.2, 0.25) is 0 Å². The van der Waals surface area contributed by atoms with E-state index in [4.69, 9.17) is 9.26 Å². The number of aromatic nitrogens is 3. The van der Waals surface area contributed by atoms with Crippen LogP contribution in [0.5, 0.6) is 0 Å². The molecule has 2 aromatic rings. The third kappa shape index (κ3) is 4.66. The van der Waals surface area contributed by atoms with Crippen LogP contribution in [-0.4, -0.2) is 51.2 Å². The van der Waals surface area contributed by atoms with Crippen LogP contribution < -0.4 is 0 Å². The molecule has 1 amide bonds. The first-order valence-corrected chi connectivity index (χ1v) is 11.9. The van der Waals surface area contributed by atoms with Crippen molar-refractivity contribution in [1.82, 2.24) is 20.0 Å². The van der Waals surface area contributed by atoms with E-state index < -0.39 is 0 Å². The van der Waals surface area contributed by atoms with E-state index in [9.17, 15) is 4.79 Å². The van der Waals surface area contributed by atoms with Gasteiger partial charge in [-0.2, -0.15) is 4.98 Å². The maximum absolute atomic E-state index is 12.9. The first kappa shape index (κ1) is 20.6. The molecule has 4 heterocycles. The van der Waals surface area contributed by atoms with Gasteiger partial charge in [0.2, 0.25) is 17.6 Å². The van der Waals surface area contributed by atoms with Gasteiger partial charge >= 0.3 is 0 Å². The SMILES string of the molecule is O=C(C1CCCCC1)N1CCC2(CC1)CC(Cc1nc(-c3cccnc3)no1)CCO2. The minimum absolute atomic E-state index is 0.0987. The topological polar surface area (TPSA) is 81.4 Å². The van der Waals surface area contributed by atoms with Crippen molar-refractivity contribution in [3.05, 3.63) is 30.4 Å². The van der Waals surface area contributed by atoms with Gasteiger partial charge in [0.25, 0.3) is 0 Å². The van der Waals surface area contributed by atoms with Crippen LogP contribution >= 0.6 is 0 Å². The number of pyridine rings is 1. The molecule has 1 saturated carbocycles. The average Bonchev–Trinajstić information content (AvgIpc) is 3.29. The lowest BCUT2D eigenvalue weighted by atomic mass is 9.78. The highest BCUT2D eigenvalue weighted by Crippen LogP contribution is 2.39. The van der Waals surface area contributed by atoms with Crippen LogP contribution in [0.3, 0.4) is 0 Å². The lowest BCUT2D eigenvalue weighted by Crippen LogP contribution is -2.52. The fourth-order valence-corrected chi connectivity index (χ4v) is 5.59. The van der Waals surface area contributed by atoms with E-state index >= 15 is 0 Å². The molecule has 1 aliphatic carbocycles. The van der Waals surface area contributed by atoms with Gasteiger partial charge in [0, 0.05) is 50.0 Å². The lowest BCUT2D eigenvalue weighted by Gasteiger charge is -2.46. The quantitative estimate of drug-likeness (QED) is 0.737. The molecule has 0 radical (unpaired) electrons. The molecule has 3 fully saturated rings. The van der Waals surface area contributed by atoms with Crippen LogP contribution in [0.4, 0.5) is 0 Å². The van der Waals surface area contributed by atoms with Crippen molar-refractivity contribution in [3.63, 3.8) is 0 Å². The Morgan fingerprint density at radius 2 is 2.00 bits per heavy atom. The van der Waals surface area contributed by atoms with E-state index in [1.165, 1.54) is 19.3 Å². The number of nitrogens with zero attached hydrogens (tertiary/aromatic N) is 4. The molecule has 0 aromatic carbocycles. The van der Waals surface area contributed by atoms with Gasteiger partial charge in [0.15, 0.2) is 0 Å². The minimum atomic E-state index is -0.0987. The summed E-state index contributed by atoms with van der Waals surface area (Å²) in [5.74, 6) is 2.40. The predicted octanol–water partition coefficient (Wildman–Crippen LogP) is 4.04. The number of hydrogen-bond donors (Lipinski definition) is 0. The number of rotatable bonds is 4. The summed E-state index contributed by atoms with van der Waals surface area (Å²) < 4.78 is 11.8. The molecular formula is C24H32N4O3. The summed E-state index contributed by atoms with van der Waals surface area (Å²) in [4.78, 5) is 23.7. The van der Waals surface area contributed by atoms with Crippen LogP contribution in [0.15, 0.2) is 29.0 Å². The monoisotopic (exact) mass is 424 g/mol. The number of carbonyl (C=O) groups excluding carboxylic acids is 1. The van der Waals surface area contributed by atoms with Crippen molar-refractivity contribution in [2.24, 2.45) is 11.8 Å². The number of likely N-dealkylation sites (tertiary alicyclic amines) is 1. The summed E-state index contributed by atoms with van der Waals surface area (Å²) in [7, 11) is 0. The number of ether oxygens (including phenoxy) is 1. The highest BCUT2D eigenvalue weighted by molar-refractivity contribution is 5.79. The maximum atomic E-state index is 12.9. The summed E-state index contributed by atoms with van der Waals surface area (Å²) in [6.07, 6.45) is 14.0. The zero-order chi connectivity index (χ0) is 21.1. The second-order valence-electron chi connectivity index (χ2n) is 9.51. The zero-order valence-corrected chi connectivity index (χ0v) is 18.2. The van der Waals surface area contributed by atoms with Gasteiger partial charge in [-0.3, -0.25) is 9.78 Å². The number of hydrogen-bond acceptors (Lipinski definition) is 6. The molecule has 2 saturated heterocycles. The Hall–Kier alpha value is -2.28. The Bertz CT molecular complexity index is 870. The summed E-state index contributed by atoms with van der Waals surface area (Å²) in [6, 6.07) is 3.81. The standard InChI is InChI=1S/C24H32N4O3/c29-23(19-5-2-1-3-6-19)28-12-9-24(10-13-28)16-18(8-14-30-24)15-21-26-22(27-31-21)20-7-4-11-25-17-20/h4,7,11,17-19H,1-3,5-6,8-10,12-16H2. The highest BCUT2D eigenvalue weighted by Gasteiger charge is 2.42. The van der Waals surface area contributed by atoms with E-state index in [-0.39, 0.29) is 11.5 Å². The van der Waals surface area contributed by atoms with E-state index in [1.54, 1.807) is 12.4 Å². The number of carbonyl (C=O) groups is 1. The fourth-order valence-electron chi connectivity index (χ4n) is 5.59. The van der Waals surface area contributed by atoms with Crippen molar-refractivity contribution in [1.29, 1.82) is 0 Å². The van der Waals surface area contributed by atoms with E-state index in [1.807, 2.05) is 12.1 Å². The predicted molar refractivity (Wildman–Crippen MR) is 115 cm³/mol. The van der Waals surface area contributed by atoms with Gasteiger partial charge in [0.05, 0.1) is 5.60 Å². The second kappa shape index (κ2) is 9.07. The fraction of sp³-hybridized carbons (Fsp3) is 0.667. The van der Waals surface area contributed by atoms with Crippen molar-refractivity contribution < 1.29 is 14.1 Å². The van der Waals surface area contributed by atoms with Gasteiger partial charge in [-0.05, 0) is 56.6 Å². The van der Waals surface area contributed by atoms with Gasteiger partial charge < -0.3 is 14.2 Å². The van der Waals surface area contributed by atoms with Crippen molar-refractivity contribution in [3.8, 4) is 11.4 Å². The minimum Gasteiger partial charge on any atom is -0.375 e. The summed E-state index contributed by atoms with van der Waals surface area (Å²) in [5, 5.41) is 4.13. The van der Waals surface area contributed by atoms with Crippen molar-refractivity contribution in [2.45, 2.75) is 69.8 Å². The van der Waals surface area contributed by atoms with Gasteiger partial charge in [-0.1, -0.05) is 24.4 Å². The Kier molecular flexibility index (Phi) is 6.03. The van der Waals surface area contributed by atoms with Crippen LogP contribution in [0.25, 0.3) is 11.4 Å². The molecule has 2 aromatic heterocycles. The lowest BCUT2D eigenvalue weighted by molar-refractivity contribution is -0.151. The highest BCUT2D eigenvalue weighted by atomic mass is 16.5. The summed E-state index contributed by atoms with van der Waals surface area (Å²) in [6.45, 7) is 2.42. The van der Waals surface area contributed by atoms with E-state index in [0.717, 1.165) is 70.2 Å². The Morgan fingerprint density at radius 3 is 2.77 bits per heavy atom. The molecule has 7 nitrogen and oxygen atoms in total. The molecule has 2 aliphatic heterocycles. The molecular weight excluding hydrogens is 392 g/mol. The summed E-state index contributed by atoms with van der Waals surface area (Å²) >= 11 is 0. The molecule has 166 valence electrons. The third-order valence-corrected chi connectivity index (χ3v) is 7.39.